The predicted molar refractivity (Wildman–Crippen MR) is 109 cm³/mol. The molecule has 1 N–H and O–H groups in total. The quantitative estimate of drug-likeness (QED) is 0.363. The Bertz CT molecular complexity index is 859. The van der Waals surface area contributed by atoms with Gasteiger partial charge in [0.2, 0.25) is 5.13 Å². The highest BCUT2D eigenvalue weighted by Crippen LogP contribution is 2.30. The van der Waals surface area contributed by atoms with Gasteiger partial charge in [-0.1, -0.05) is 46.3 Å². The van der Waals surface area contributed by atoms with Gasteiger partial charge in [-0.3, -0.25) is 0 Å². The zero-order valence-corrected chi connectivity index (χ0v) is 16.9. The molecule has 0 spiro atoms. The van der Waals surface area contributed by atoms with Crippen LogP contribution >= 0.6 is 46.3 Å². The van der Waals surface area contributed by atoms with E-state index in [0.717, 1.165) is 26.7 Å². The number of anilines is 2. The van der Waals surface area contributed by atoms with E-state index in [1.54, 1.807) is 37.1 Å². The Hall–Kier alpha value is -1.67. The number of hydrogen-bond acceptors (Lipinski definition) is 7. The van der Waals surface area contributed by atoms with Crippen molar-refractivity contribution in [2.24, 2.45) is 0 Å². The van der Waals surface area contributed by atoms with Gasteiger partial charge in [0.1, 0.15) is 11.5 Å². The Labute approximate surface area is 169 Å². The molecule has 9 heteroatoms. The van der Waals surface area contributed by atoms with E-state index < -0.39 is 0 Å². The number of aromatic nitrogens is 2. The minimum atomic E-state index is 0.504. The summed E-state index contributed by atoms with van der Waals surface area (Å²) in [5.74, 6) is 2.16. The lowest BCUT2D eigenvalue weighted by Crippen LogP contribution is -2.00. The first kappa shape index (κ1) is 19.1. The molecule has 0 aliphatic carbocycles. The van der Waals surface area contributed by atoms with Crippen molar-refractivity contribution in [3.8, 4) is 11.5 Å². The lowest BCUT2D eigenvalue weighted by Gasteiger charge is -2.07. The molecule has 5 nitrogen and oxygen atoms in total. The lowest BCUT2D eigenvalue weighted by molar-refractivity contribution is 0.344. The molecule has 2 aromatic carbocycles. The third kappa shape index (κ3) is 5.41. The van der Waals surface area contributed by atoms with Crippen molar-refractivity contribution in [3.63, 3.8) is 0 Å². The number of thioether (sulfide) groups is 1. The van der Waals surface area contributed by atoms with Gasteiger partial charge in [0.25, 0.3) is 0 Å². The molecule has 0 bridgehead atoms. The third-order valence-corrected chi connectivity index (χ3v) is 5.67. The molecule has 0 saturated carbocycles. The molecular formula is C17H15Cl2N3O2S2. The maximum Gasteiger partial charge on any atom is 0.210 e. The summed E-state index contributed by atoms with van der Waals surface area (Å²) in [5, 5.41) is 13.4. The monoisotopic (exact) mass is 427 g/mol. The number of halogens is 2. The molecule has 1 heterocycles. The number of rotatable bonds is 8. The highest BCUT2D eigenvalue weighted by atomic mass is 35.5. The van der Waals surface area contributed by atoms with Crippen LogP contribution < -0.4 is 14.8 Å². The zero-order valence-electron chi connectivity index (χ0n) is 13.7. The number of methoxy groups -OCH3 is 1. The summed E-state index contributed by atoms with van der Waals surface area (Å²) in [4.78, 5) is 0. The lowest BCUT2D eigenvalue weighted by atomic mass is 10.3. The van der Waals surface area contributed by atoms with Crippen LogP contribution in [0.25, 0.3) is 0 Å². The van der Waals surface area contributed by atoms with Crippen molar-refractivity contribution in [1.29, 1.82) is 0 Å². The number of ether oxygens (including phenoxy) is 2. The molecule has 1 aromatic heterocycles. The van der Waals surface area contributed by atoms with E-state index in [1.165, 1.54) is 11.3 Å². The van der Waals surface area contributed by atoms with Gasteiger partial charge in [0.15, 0.2) is 4.34 Å². The van der Waals surface area contributed by atoms with Gasteiger partial charge in [0, 0.05) is 16.5 Å². The maximum atomic E-state index is 6.07. The van der Waals surface area contributed by atoms with E-state index in [2.05, 4.69) is 15.5 Å². The number of nitrogens with one attached hydrogen (secondary N) is 1. The zero-order chi connectivity index (χ0) is 18.4. The van der Waals surface area contributed by atoms with Crippen LogP contribution in [0.4, 0.5) is 10.8 Å². The fourth-order valence-corrected chi connectivity index (χ4v) is 4.11. The van der Waals surface area contributed by atoms with E-state index in [0.29, 0.717) is 22.4 Å². The summed E-state index contributed by atoms with van der Waals surface area (Å²) in [6, 6.07) is 12.8. The number of nitrogens with zero attached hydrogens (tertiary/aromatic N) is 2. The minimum absolute atomic E-state index is 0.504. The molecule has 0 atom stereocenters. The van der Waals surface area contributed by atoms with Gasteiger partial charge in [-0.15, -0.1) is 10.2 Å². The van der Waals surface area contributed by atoms with Crippen molar-refractivity contribution in [3.05, 3.63) is 52.5 Å². The van der Waals surface area contributed by atoms with Crippen molar-refractivity contribution < 1.29 is 9.47 Å². The van der Waals surface area contributed by atoms with Crippen LogP contribution in [0.3, 0.4) is 0 Å². The molecule has 0 aliphatic heterocycles. The fraction of sp³-hybridized carbons (Fsp3) is 0.176. The van der Waals surface area contributed by atoms with E-state index in [4.69, 9.17) is 32.7 Å². The van der Waals surface area contributed by atoms with E-state index in [1.807, 2.05) is 24.3 Å². The van der Waals surface area contributed by atoms with E-state index in [-0.39, 0.29) is 0 Å². The van der Waals surface area contributed by atoms with Crippen LogP contribution in [0.15, 0.2) is 46.8 Å². The van der Waals surface area contributed by atoms with Gasteiger partial charge in [0.05, 0.1) is 18.7 Å². The first-order valence-electron chi connectivity index (χ1n) is 7.59. The Balaban J connectivity index is 1.46. The Kier molecular flexibility index (Phi) is 6.85. The molecule has 3 aromatic rings. The molecule has 3 rings (SSSR count). The number of benzene rings is 2. The molecule has 0 unspecified atom stereocenters. The molecule has 0 amide bonds. The minimum Gasteiger partial charge on any atom is -0.497 e. The highest BCUT2D eigenvalue weighted by molar-refractivity contribution is 8.01. The molecule has 0 radical (unpaired) electrons. The van der Waals surface area contributed by atoms with Crippen molar-refractivity contribution in [1.82, 2.24) is 10.2 Å². The summed E-state index contributed by atoms with van der Waals surface area (Å²) in [6.07, 6.45) is 0. The van der Waals surface area contributed by atoms with Gasteiger partial charge in [-0.25, -0.2) is 0 Å². The first-order chi connectivity index (χ1) is 12.6. The molecule has 0 saturated heterocycles. The van der Waals surface area contributed by atoms with Gasteiger partial charge < -0.3 is 14.8 Å². The highest BCUT2D eigenvalue weighted by Gasteiger charge is 2.07. The van der Waals surface area contributed by atoms with Crippen LogP contribution in [-0.2, 0) is 0 Å². The molecule has 26 heavy (non-hydrogen) atoms. The molecule has 0 aliphatic rings. The molecule has 136 valence electrons. The van der Waals surface area contributed by atoms with Crippen LogP contribution in [-0.4, -0.2) is 29.7 Å². The fourth-order valence-electron chi connectivity index (χ4n) is 1.99. The average Bonchev–Trinajstić information content (AvgIpc) is 3.08. The van der Waals surface area contributed by atoms with Crippen LogP contribution in [0.2, 0.25) is 10.0 Å². The van der Waals surface area contributed by atoms with Crippen LogP contribution in [0.5, 0.6) is 11.5 Å². The van der Waals surface area contributed by atoms with Crippen LogP contribution in [0.1, 0.15) is 0 Å². The largest absolute Gasteiger partial charge is 0.497 e. The SMILES string of the molecule is COc1ccc(Nc2nnc(SCCOc3ccc(Cl)cc3Cl)s2)cc1. The molecular weight excluding hydrogens is 413 g/mol. The van der Waals surface area contributed by atoms with Gasteiger partial charge >= 0.3 is 0 Å². The summed E-state index contributed by atoms with van der Waals surface area (Å²) in [7, 11) is 1.64. The Morgan fingerprint density at radius 2 is 1.92 bits per heavy atom. The van der Waals surface area contributed by atoms with E-state index >= 15 is 0 Å². The topological polar surface area (TPSA) is 56.3 Å². The normalized spacial score (nSPS) is 10.6. The first-order valence-corrected chi connectivity index (χ1v) is 10.1. The van der Waals surface area contributed by atoms with Gasteiger partial charge in [-0.05, 0) is 42.5 Å². The Morgan fingerprint density at radius 1 is 1.12 bits per heavy atom. The van der Waals surface area contributed by atoms with E-state index in [9.17, 15) is 0 Å². The second kappa shape index (κ2) is 9.32. The van der Waals surface area contributed by atoms with Crippen molar-refractivity contribution >= 4 is 57.1 Å². The standard InChI is InChI=1S/C17H15Cl2N3O2S2/c1-23-13-5-3-12(4-6-13)20-16-21-22-17(26-16)25-9-8-24-15-7-2-11(18)10-14(15)19/h2-7,10H,8-9H2,1H3,(H,20,21). The number of hydrogen-bond donors (Lipinski definition) is 1. The van der Waals surface area contributed by atoms with Crippen molar-refractivity contribution in [2.75, 3.05) is 24.8 Å². The smallest absolute Gasteiger partial charge is 0.210 e. The summed E-state index contributed by atoms with van der Waals surface area (Å²) in [6.45, 7) is 0.507. The van der Waals surface area contributed by atoms with Crippen molar-refractivity contribution in [2.45, 2.75) is 4.34 Å². The average molecular weight is 428 g/mol. The second-order valence-electron chi connectivity index (χ2n) is 5.00. The van der Waals surface area contributed by atoms with Gasteiger partial charge in [-0.2, -0.15) is 0 Å². The summed E-state index contributed by atoms with van der Waals surface area (Å²) in [5.41, 5.74) is 0.930. The van der Waals surface area contributed by atoms with Crippen LogP contribution in [0, 0.1) is 0 Å². The predicted octanol–water partition coefficient (Wildman–Crippen LogP) is 5.77. The molecule has 0 fully saturated rings. The second-order valence-corrected chi connectivity index (χ2v) is 8.16. The summed E-state index contributed by atoms with van der Waals surface area (Å²) < 4.78 is 11.7. The summed E-state index contributed by atoms with van der Waals surface area (Å²) >= 11 is 15.0. The third-order valence-electron chi connectivity index (χ3n) is 3.21. The maximum absolute atomic E-state index is 6.07. The Morgan fingerprint density at radius 3 is 2.65 bits per heavy atom.